The molecule has 54 heavy (non-hydrogen) atoms. The summed E-state index contributed by atoms with van der Waals surface area (Å²) in [6.45, 7) is 10.2. The van der Waals surface area contributed by atoms with E-state index < -0.39 is 19.8 Å². The number of aromatic nitrogens is 3. The quantitative estimate of drug-likeness (QED) is 0.227. The van der Waals surface area contributed by atoms with Crippen molar-refractivity contribution in [3.05, 3.63) is 23.2 Å². The van der Waals surface area contributed by atoms with Crippen LogP contribution in [0.4, 0.5) is 4.79 Å². The second-order valence-corrected chi connectivity index (χ2v) is 23.9. The smallest absolute Gasteiger partial charge is 0.410 e. The summed E-state index contributed by atoms with van der Waals surface area (Å²) < 4.78 is 20.5. The van der Waals surface area contributed by atoms with Gasteiger partial charge in [0.15, 0.2) is 5.60 Å². The fourth-order valence-electron chi connectivity index (χ4n) is 12.6. The first kappa shape index (κ1) is 38.6. The van der Waals surface area contributed by atoms with Crippen LogP contribution >= 0.6 is 0 Å². The van der Waals surface area contributed by atoms with Crippen LogP contribution in [0.5, 0.6) is 0 Å². The zero-order chi connectivity index (χ0) is 37.6. The van der Waals surface area contributed by atoms with Crippen molar-refractivity contribution >= 4 is 20.1 Å². The predicted molar refractivity (Wildman–Crippen MR) is 208 cm³/mol. The van der Waals surface area contributed by atoms with Crippen LogP contribution in [0.3, 0.4) is 0 Å². The molecule has 1 N–H and O–H groups in total. The van der Waals surface area contributed by atoms with Crippen molar-refractivity contribution in [1.29, 1.82) is 0 Å². The maximum absolute atomic E-state index is 15.3. The molecule has 2 saturated heterocycles. The first-order chi connectivity index (χ1) is 26.1. The third-order valence-electron chi connectivity index (χ3n) is 15.7. The Balaban J connectivity index is 1.03. The molecule has 7 aliphatic rings. The van der Waals surface area contributed by atoms with Gasteiger partial charge in [0.2, 0.25) is 0 Å². The van der Waals surface area contributed by atoms with Gasteiger partial charge in [-0.15, -0.1) is 5.10 Å². The van der Waals surface area contributed by atoms with Crippen molar-refractivity contribution < 1.29 is 28.9 Å². The number of carbonyl (C=O) groups is 2. The number of hydrogen-bond acceptors (Lipinski definition) is 8. The molecule has 1 aromatic heterocycles. The van der Waals surface area contributed by atoms with Gasteiger partial charge in [0, 0.05) is 37.9 Å². The van der Waals surface area contributed by atoms with Crippen molar-refractivity contribution in [2.24, 2.45) is 17.8 Å². The molecule has 5 fully saturated rings. The number of aryl methyl sites for hydroxylation is 1. The average Bonchev–Trinajstić information content (AvgIpc) is 3.97. The predicted octanol–water partition coefficient (Wildman–Crippen LogP) is 7.77. The first-order valence-electron chi connectivity index (χ1n) is 21.9. The number of rotatable bonds is 11. The number of cyclic esters (lactones) is 1. The largest absolute Gasteiger partial charge is 0.448 e. The second kappa shape index (κ2) is 15.9. The van der Waals surface area contributed by atoms with Crippen molar-refractivity contribution in [1.82, 2.24) is 24.8 Å². The molecular weight excluding hydrogens is 699 g/mol. The van der Waals surface area contributed by atoms with Gasteiger partial charge in [-0.05, 0) is 112 Å². The molecule has 0 aromatic carbocycles. The Bertz CT molecular complexity index is 1530. The Kier molecular flexibility index (Phi) is 11.4. The molecule has 5 atom stereocenters. The summed E-state index contributed by atoms with van der Waals surface area (Å²) in [7, 11) is -0.130. The van der Waals surface area contributed by atoms with E-state index in [0.717, 1.165) is 90.0 Å². The minimum atomic E-state index is -1.98. The SMILES string of the molecule is COC1CCC([Si](C)(C)[C@@H]2[C@@H](CCn3cc([C@H](O)C4CCCCC4)nn3)O[C@]3(C(=O)N(CC4CCC(N5CCOC5=O)CC4)C4=C3CCCC4)[C@H]2C)CC1. The molecule has 3 aliphatic heterocycles. The molecule has 11 nitrogen and oxygen atoms in total. The van der Waals surface area contributed by atoms with E-state index in [1.165, 1.54) is 43.4 Å². The summed E-state index contributed by atoms with van der Waals surface area (Å²) in [5.41, 5.74) is 3.34. The Labute approximate surface area is 323 Å². The van der Waals surface area contributed by atoms with E-state index in [1.807, 2.05) is 22.9 Å². The highest BCUT2D eigenvalue weighted by Crippen LogP contribution is 2.61. The molecule has 2 amide bonds. The molecule has 300 valence electrons. The second-order valence-electron chi connectivity index (χ2n) is 18.8. The third-order valence-corrected chi connectivity index (χ3v) is 21.0. The van der Waals surface area contributed by atoms with Crippen molar-refractivity contribution in [2.45, 2.75) is 183 Å². The lowest BCUT2D eigenvalue weighted by Gasteiger charge is -2.45. The lowest BCUT2D eigenvalue weighted by atomic mass is 9.78. The maximum atomic E-state index is 15.3. The van der Waals surface area contributed by atoms with Gasteiger partial charge in [0.05, 0.1) is 33.0 Å². The minimum absolute atomic E-state index is 0.0482. The van der Waals surface area contributed by atoms with Crippen LogP contribution in [0, 0.1) is 17.8 Å². The number of allylic oxidation sites excluding steroid dienone is 1. The van der Waals surface area contributed by atoms with Gasteiger partial charge in [0.1, 0.15) is 18.4 Å². The number of ether oxygens (including phenoxy) is 3. The number of aliphatic hydroxyl groups is 1. The van der Waals surface area contributed by atoms with E-state index in [9.17, 15) is 9.90 Å². The monoisotopic (exact) mass is 765 g/mol. The third kappa shape index (κ3) is 7.01. The van der Waals surface area contributed by atoms with E-state index in [1.54, 1.807) is 0 Å². The van der Waals surface area contributed by atoms with Crippen molar-refractivity contribution in [3.8, 4) is 0 Å². The van der Waals surface area contributed by atoms with E-state index in [-0.39, 0.29) is 36.0 Å². The van der Waals surface area contributed by atoms with Gasteiger partial charge >= 0.3 is 6.09 Å². The van der Waals surface area contributed by atoms with Crippen LogP contribution in [0.2, 0.25) is 24.2 Å². The number of nitrogens with zero attached hydrogens (tertiary/aromatic N) is 5. The minimum Gasteiger partial charge on any atom is -0.448 e. The normalized spacial score (nSPS) is 36.0. The zero-order valence-corrected chi connectivity index (χ0v) is 34.6. The lowest BCUT2D eigenvalue weighted by Crippen LogP contribution is -2.50. The van der Waals surface area contributed by atoms with Gasteiger partial charge in [-0.2, -0.15) is 0 Å². The maximum Gasteiger partial charge on any atom is 0.410 e. The average molecular weight is 766 g/mol. The van der Waals surface area contributed by atoms with Crippen LogP contribution in [0.25, 0.3) is 0 Å². The molecule has 0 unspecified atom stereocenters. The van der Waals surface area contributed by atoms with Crippen molar-refractivity contribution in [2.75, 3.05) is 26.8 Å². The molecule has 1 aromatic rings. The van der Waals surface area contributed by atoms with E-state index in [4.69, 9.17) is 14.2 Å². The molecule has 4 heterocycles. The fraction of sp³-hybridized carbons (Fsp3) is 0.857. The molecular formula is C42H67N5O6Si. The highest BCUT2D eigenvalue weighted by atomic mass is 28.3. The molecule has 8 rings (SSSR count). The summed E-state index contributed by atoms with van der Waals surface area (Å²) in [5, 5.41) is 20.2. The molecule has 3 saturated carbocycles. The fourth-order valence-corrected chi connectivity index (χ4v) is 17.7. The summed E-state index contributed by atoms with van der Waals surface area (Å²) in [5.74, 6) is 0.984. The van der Waals surface area contributed by atoms with E-state index >= 15 is 4.79 Å². The van der Waals surface area contributed by atoms with Crippen LogP contribution in [-0.2, 0) is 25.5 Å². The van der Waals surface area contributed by atoms with Gasteiger partial charge < -0.3 is 29.1 Å². The van der Waals surface area contributed by atoms with Crippen LogP contribution in [0.1, 0.15) is 134 Å². The first-order valence-corrected chi connectivity index (χ1v) is 25.0. The number of carbonyl (C=O) groups excluding carboxylic acids is 2. The Morgan fingerprint density at radius 2 is 1.72 bits per heavy atom. The Morgan fingerprint density at radius 3 is 2.43 bits per heavy atom. The number of aliphatic hydroxyl groups excluding tert-OH is 1. The Morgan fingerprint density at radius 1 is 0.981 bits per heavy atom. The molecule has 0 bridgehead atoms. The van der Waals surface area contributed by atoms with Gasteiger partial charge in [0.25, 0.3) is 5.91 Å². The summed E-state index contributed by atoms with van der Waals surface area (Å²) >= 11 is 0. The molecule has 4 aliphatic carbocycles. The Hall–Kier alpha value is -2.28. The van der Waals surface area contributed by atoms with Crippen LogP contribution in [-0.4, -0.2) is 101 Å². The van der Waals surface area contributed by atoms with Gasteiger partial charge in [-0.3, -0.25) is 9.48 Å². The topological polar surface area (TPSA) is 119 Å². The van der Waals surface area contributed by atoms with E-state index in [0.29, 0.717) is 48.5 Å². The van der Waals surface area contributed by atoms with Crippen molar-refractivity contribution in [3.63, 3.8) is 0 Å². The zero-order valence-electron chi connectivity index (χ0n) is 33.6. The molecule has 12 heteroatoms. The lowest BCUT2D eigenvalue weighted by molar-refractivity contribution is -0.150. The van der Waals surface area contributed by atoms with Crippen LogP contribution in [0.15, 0.2) is 17.5 Å². The highest BCUT2D eigenvalue weighted by molar-refractivity contribution is 6.80. The molecule has 1 spiro atoms. The van der Waals surface area contributed by atoms with E-state index in [2.05, 4.69) is 35.2 Å². The standard InChI is InChI=1S/C42H67N5O6Si/c1-28-39(54(3,4)33-20-18-32(51-2)19-21-33)37(22-23-45-27-35(43-44-45)38(48)30-10-6-5-7-11-30)53-42(28)34-12-8-9-13-36(34)47(40(42)49)26-29-14-16-31(17-15-29)46-24-25-52-41(46)50/h27-33,37-39,48H,5-26H2,1-4H3/t28-,29?,31?,32?,33?,37+,38+,39-,42+/m0/s1. The molecule has 0 radical (unpaired) electrons. The number of amides is 2. The number of methoxy groups -OCH3 is 1. The number of fused-ring (bicyclic) bond motifs is 1. The van der Waals surface area contributed by atoms with Gasteiger partial charge in [-0.1, -0.05) is 57.3 Å². The summed E-state index contributed by atoms with van der Waals surface area (Å²) in [6, 6.07) is 0.253. The van der Waals surface area contributed by atoms with Gasteiger partial charge in [-0.25, -0.2) is 4.79 Å². The summed E-state index contributed by atoms with van der Waals surface area (Å²) in [6.07, 6.45) is 20.8. The highest BCUT2D eigenvalue weighted by Gasteiger charge is 2.67. The van der Waals surface area contributed by atoms with Crippen LogP contribution < -0.4 is 0 Å². The number of hydrogen-bond donors (Lipinski definition) is 1. The summed E-state index contributed by atoms with van der Waals surface area (Å²) in [4.78, 5) is 31.7.